The van der Waals surface area contributed by atoms with Crippen LogP contribution < -0.4 is 0 Å². The Hall–Kier alpha value is -0.650. The Labute approximate surface area is 129 Å². The number of hydrogen-bond acceptors (Lipinski definition) is 4. The Bertz CT molecular complexity index is 269. The maximum atomic E-state index is 10.8. The molecule has 3 N–H and O–H groups in total. The van der Waals surface area contributed by atoms with Crippen LogP contribution in [0.4, 0.5) is 0 Å². The fourth-order valence-electron chi connectivity index (χ4n) is 2.46. The van der Waals surface area contributed by atoms with Crippen molar-refractivity contribution in [3.8, 4) is 0 Å². The molecule has 0 radical (unpaired) electrons. The third-order valence-corrected chi connectivity index (χ3v) is 3.89. The van der Waals surface area contributed by atoms with Gasteiger partial charge < -0.3 is 15.3 Å². The first-order valence-electron chi connectivity index (χ1n) is 8.40. The summed E-state index contributed by atoms with van der Waals surface area (Å²) < 4.78 is 0. The van der Waals surface area contributed by atoms with Crippen molar-refractivity contribution in [1.29, 1.82) is 0 Å². The number of aliphatic carboxylic acids is 1. The smallest absolute Gasteiger partial charge is 0.381 e. The lowest BCUT2D eigenvalue weighted by Gasteiger charge is -2.30. The first-order valence-corrected chi connectivity index (χ1v) is 8.40. The molecule has 0 atom stereocenters. The van der Waals surface area contributed by atoms with Gasteiger partial charge in [-0.1, -0.05) is 71.6 Å². The van der Waals surface area contributed by atoms with Crippen LogP contribution in [0.25, 0.3) is 0 Å². The predicted molar refractivity (Wildman–Crippen MR) is 83.9 cm³/mol. The van der Waals surface area contributed by atoms with Crippen molar-refractivity contribution in [1.82, 2.24) is 4.90 Å². The monoisotopic (exact) mass is 303 g/mol. The minimum absolute atomic E-state index is 0.302. The number of carboxylic acids is 1. The fourth-order valence-corrected chi connectivity index (χ4v) is 2.46. The summed E-state index contributed by atoms with van der Waals surface area (Å²) in [6.45, 7) is 4.64. The van der Waals surface area contributed by atoms with E-state index in [1.165, 1.54) is 49.8 Å². The standard InChI is InChI=1S/C16H33NO4/c1-3-5-6-7-8-9-10-11-12-13-14-17(4-2)16(20,21)15(18)19/h20-21H,3-14H2,1-2H3,(H,18,19). The van der Waals surface area contributed by atoms with Crippen molar-refractivity contribution in [2.24, 2.45) is 0 Å². The second kappa shape index (κ2) is 12.0. The van der Waals surface area contributed by atoms with Crippen LogP contribution in [0.1, 0.15) is 78.1 Å². The maximum absolute atomic E-state index is 10.8. The van der Waals surface area contributed by atoms with Crippen molar-refractivity contribution in [2.45, 2.75) is 84.0 Å². The summed E-state index contributed by atoms with van der Waals surface area (Å²) in [5, 5.41) is 27.7. The lowest BCUT2D eigenvalue weighted by atomic mass is 10.1. The molecule has 0 aromatic heterocycles. The zero-order valence-corrected chi connectivity index (χ0v) is 13.7. The highest BCUT2D eigenvalue weighted by molar-refractivity contribution is 5.74. The zero-order valence-electron chi connectivity index (χ0n) is 13.7. The number of rotatable bonds is 14. The van der Waals surface area contributed by atoms with E-state index in [2.05, 4.69) is 6.92 Å². The topological polar surface area (TPSA) is 81.0 Å². The summed E-state index contributed by atoms with van der Waals surface area (Å²) in [6, 6.07) is 0. The second-order valence-corrected chi connectivity index (χ2v) is 5.70. The van der Waals surface area contributed by atoms with Gasteiger partial charge in [-0.15, -0.1) is 0 Å². The van der Waals surface area contributed by atoms with Gasteiger partial charge in [0.1, 0.15) is 0 Å². The Morgan fingerprint density at radius 2 is 1.29 bits per heavy atom. The van der Waals surface area contributed by atoms with Crippen molar-refractivity contribution in [3.63, 3.8) is 0 Å². The predicted octanol–water partition coefficient (Wildman–Crippen LogP) is 2.95. The Kier molecular flexibility index (Phi) is 11.6. The first kappa shape index (κ1) is 20.3. The second-order valence-electron chi connectivity index (χ2n) is 5.70. The Morgan fingerprint density at radius 1 is 0.857 bits per heavy atom. The van der Waals surface area contributed by atoms with E-state index in [9.17, 15) is 15.0 Å². The van der Waals surface area contributed by atoms with Crippen LogP contribution in [0.3, 0.4) is 0 Å². The lowest BCUT2D eigenvalue weighted by molar-refractivity contribution is -0.263. The molecule has 0 amide bonds. The van der Waals surface area contributed by atoms with Gasteiger partial charge >= 0.3 is 11.9 Å². The lowest BCUT2D eigenvalue weighted by Crippen LogP contribution is -2.55. The highest BCUT2D eigenvalue weighted by Crippen LogP contribution is 2.13. The Morgan fingerprint density at radius 3 is 1.67 bits per heavy atom. The molecule has 0 fully saturated rings. The highest BCUT2D eigenvalue weighted by atomic mass is 16.6. The third-order valence-electron chi connectivity index (χ3n) is 3.89. The number of carbonyl (C=O) groups is 1. The molecular formula is C16H33NO4. The molecule has 0 aliphatic rings. The molecule has 0 aliphatic carbocycles. The zero-order chi connectivity index (χ0) is 16.1. The fraction of sp³-hybridized carbons (Fsp3) is 0.938. The molecule has 126 valence electrons. The summed E-state index contributed by atoms with van der Waals surface area (Å²) in [7, 11) is 0. The minimum atomic E-state index is -2.74. The van der Waals surface area contributed by atoms with Crippen LogP contribution in [-0.4, -0.2) is 45.2 Å². The molecule has 0 rings (SSSR count). The van der Waals surface area contributed by atoms with Gasteiger partial charge in [-0.3, -0.25) is 0 Å². The van der Waals surface area contributed by atoms with Gasteiger partial charge in [0.25, 0.3) is 0 Å². The molecule has 0 aromatic carbocycles. The molecule has 5 heteroatoms. The first-order chi connectivity index (χ1) is 9.96. The van der Waals surface area contributed by atoms with Crippen LogP contribution in [0.15, 0.2) is 0 Å². The van der Waals surface area contributed by atoms with Crippen LogP contribution in [0.5, 0.6) is 0 Å². The number of hydrogen-bond donors (Lipinski definition) is 3. The quantitative estimate of drug-likeness (QED) is 0.339. The van der Waals surface area contributed by atoms with Gasteiger partial charge in [-0.05, 0) is 6.42 Å². The van der Waals surface area contributed by atoms with Gasteiger partial charge in [0, 0.05) is 13.1 Å². The van der Waals surface area contributed by atoms with E-state index in [4.69, 9.17) is 5.11 Å². The van der Waals surface area contributed by atoms with Crippen LogP contribution in [0.2, 0.25) is 0 Å². The average Bonchev–Trinajstić information content (AvgIpc) is 2.44. The highest BCUT2D eigenvalue weighted by Gasteiger charge is 2.39. The van der Waals surface area contributed by atoms with Crippen LogP contribution >= 0.6 is 0 Å². The molecule has 0 saturated carbocycles. The van der Waals surface area contributed by atoms with Crippen molar-refractivity contribution in [2.75, 3.05) is 13.1 Å². The van der Waals surface area contributed by atoms with E-state index >= 15 is 0 Å². The normalized spacial score (nSPS) is 12.0. The van der Waals surface area contributed by atoms with Crippen LogP contribution in [-0.2, 0) is 4.79 Å². The third kappa shape index (κ3) is 9.06. The average molecular weight is 303 g/mol. The van der Waals surface area contributed by atoms with Gasteiger partial charge in [0.2, 0.25) is 0 Å². The molecule has 0 aliphatic heterocycles. The summed E-state index contributed by atoms with van der Waals surface area (Å²) in [5.74, 6) is -4.36. The van der Waals surface area contributed by atoms with E-state index in [0.29, 0.717) is 13.1 Å². The van der Waals surface area contributed by atoms with E-state index in [1.54, 1.807) is 6.92 Å². The van der Waals surface area contributed by atoms with E-state index < -0.39 is 11.9 Å². The molecule has 0 heterocycles. The van der Waals surface area contributed by atoms with Crippen molar-refractivity contribution >= 4 is 5.97 Å². The maximum Gasteiger partial charge on any atom is 0.381 e. The van der Waals surface area contributed by atoms with Gasteiger partial charge in [0.15, 0.2) is 0 Å². The van der Waals surface area contributed by atoms with E-state index in [0.717, 1.165) is 19.3 Å². The minimum Gasteiger partial charge on any atom is -0.476 e. The van der Waals surface area contributed by atoms with Gasteiger partial charge in [0.05, 0.1) is 0 Å². The summed E-state index contributed by atoms with van der Waals surface area (Å²) in [5.41, 5.74) is 0. The van der Waals surface area contributed by atoms with Gasteiger partial charge in [-0.2, -0.15) is 0 Å². The summed E-state index contributed by atoms with van der Waals surface area (Å²) in [4.78, 5) is 11.9. The summed E-state index contributed by atoms with van der Waals surface area (Å²) in [6.07, 6.45) is 12.0. The number of nitrogens with zero attached hydrogens (tertiary/aromatic N) is 1. The number of carboxylic acid groups (broad SMARTS) is 1. The number of likely N-dealkylation sites (N-methyl/N-ethyl adjacent to an activating group) is 1. The van der Waals surface area contributed by atoms with E-state index in [1.807, 2.05) is 0 Å². The molecule has 5 nitrogen and oxygen atoms in total. The molecule has 0 unspecified atom stereocenters. The molecule has 0 aromatic rings. The van der Waals surface area contributed by atoms with Gasteiger partial charge in [-0.25, -0.2) is 9.69 Å². The largest absolute Gasteiger partial charge is 0.476 e. The number of unbranched alkanes of at least 4 members (excludes halogenated alkanes) is 9. The molecule has 0 bridgehead atoms. The van der Waals surface area contributed by atoms with Crippen molar-refractivity contribution in [3.05, 3.63) is 0 Å². The number of aliphatic hydroxyl groups is 2. The molecule has 21 heavy (non-hydrogen) atoms. The van der Waals surface area contributed by atoms with Crippen molar-refractivity contribution < 1.29 is 20.1 Å². The van der Waals surface area contributed by atoms with Crippen LogP contribution in [0, 0.1) is 0 Å². The van der Waals surface area contributed by atoms with E-state index in [-0.39, 0.29) is 0 Å². The molecular weight excluding hydrogens is 270 g/mol. The SMILES string of the molecule is CCCCCCCCCCCCN(CC)C(O)(O)C(=O)O. The Balaban J connectivity index is 3.59. The molecule has 0 spiro atoms. The summed E-state index contributed by atoms with van der Waals surface area (Å²) >= 11 is 0. The molecule has 0 saturated heterocycles.